The molecule has 0 fully saturated rings. The quantitative estimate of drug-likeness (QED) is 0.456. The maximum absolute atomic E-state index is 11.1. The van der Waals surface area contributed by atoms with Crippen LogP contribution >= 0.6 is 12.2 Å². The number of anilines is 1. The second kappa shape index (κ2) is 7.51. The lowest BCUT2D eigenvalue weighted by molar-refractivity contribution is 0.0697. The number of nitrogens with zero attached hydrogens (tertiary/aromatic N) is 1. The summed E-state index contributed by atoms with van der Waals surface area (Å²) in [4.78, 5) is 11.1. The molecular formula is C17H17N3O2S. The molecule has 5 nitrogen and oxygen atoms in total. The third-order valence-electron chi connectivity index (χ3n) is 3.19. The fourth-order valence-corrected chi connectivity index (χ4v) is 2.23. The smallest absolute Gasteiger partial charge is 0.336 e. The van der Waals surface area contributed by atoms with Crippen LogP contribution in [0.3, 0.4) is 0 Å². The number of rotatable bonds is 4. The van der Waals surface area contributed by atoms with Crippen LogP contribution in [-0.4, -0.2) is 22.4 Å². The number of hydrogen-bond donors (Lipinski definition) is 3. The molecule has 0 amide bonds. The molecule has 6 heteroatoms. The van der Waals surface area contributed by atoms with Crippen molar-refractivity contribution in [3.63, 3.8) is 0 Å². The Morgan fingerprint density at radius 3 is 2.65 bits per heavy atom. The lowest BCUT2D eigenvalue weighted by Crippen LogP contribution is -2.24. The van der Waals surface area contributed by atoms with Crippen LogP contribution in [0.1, 0.15) is 27.0 Å². The highest BCUT2D eigenvalue weighted by molar-refractivity contribution is 7.80. The molecule has 0 atom stereocenters. The van der Waals surface area contributed by atoms with Crippen molar-refractivity contribution in [1.29, 1.82) is 0 Å². The van der Waals surface area contributed by atoms with E-state index in [2.05, 4.69) is 21.9 Å². The van der Waals surface area contributed by atoms with Crippen molar-refractivity contribution in [3.8, 4) is 0 Å². The predicted octanol–water partition coefficient (Wildman–Crippen LogP) is 3.32. The number of aryl methyl sites for hydroxylation is 2. The molecule has 0 saturated heterocycles. The summed E-state index contributed by atoms with van der Waals surface area (Å²) in [6.45, 7) is 4.02. The first-order valence-electron chi connectivity index (χ1n) is 6.97. The zero-order valence-corrected chi connectivity index (χ0v) is 13.6. The summed E-state index contributed by atoms with van der Waals surface area (Å²) in [6.07, 6.45) is 1.43. The van der Waals surface area contributed by atoms with Crippen molar-refractivity contribution in [1.82, 2.24) is 5.43 Å². The maximum Gasteiger partial charge on any atom is 0.336 e. The number of benzene rings is 2. The summed E-state index contributed by atoms with van der Waals surface area (Å²) in [5.41, 5.74) is 6.52. The second-order valence-electron chi connectivity index (χ2n) is 5.03. The van der Waals surface area contributed by atoms with Crippen LogP contribution < -0.4 is 10.7 Å². The van der Waals surface area contributed by atoms with Crippen molar-refractivity contribution in [2.75, 3.05) is 5.32 Å². The highest BCUT2D eigenvalue weighted by atomic mass is 32.1. The van der Waals surface area contributed by atoms with Gasteiger partial charge in [-0.05, 0) is 43.8 Å². The molecule has 3 N–H and O–H groups in total. The summed E-state index contributed by atoms with van der Waals surface area (Å²) >= 11 is 5.18. The van der Waals surface area contributed by atoms with Crippen molar-refractivity contribution < 1.29 is 9.90 Å². The molecule has 0 heterocycles. The van der Waals surface area contributed by atoms with Gasteiger partial charge >= 0.3 is 5.97 Å². The van der Waals surface area contributed by atoms with Crippen LogP contribution in [0.5, 0.6) is 0 Å². The minimum Gasteiger partial charge on any atom is -0.478 e. The average Bonchev–Trinajstić information content (AvgIpc) is 2.50. The molecule has 0 spiro atoms. The molecule has 2 aromatic rings. The topological polar surface area (TPSA) is 73.7 Å². The third-order valence-corrected chi connectivity index (χ3v) is 3.38. The number of thiocarbonyl (C=S) groups is 1. The van der Waals surface area contributed by atoms with E-state index in [4.69, 9.17) is 17.3 Å². The number of hydrazone groups is 1. The predicted molar refractivity (Wildman–Crippen MR) is 96.3 cm³/mol. The highest BCUT2D eigenvalue weighted by Gasteiger charge is 2.06. The molecule has 0 aliphatic rings. The highest BCUT2D eigenvalue weighted by Crippen LogP contribution is 2.15. The largest absolute Gasteiger partial charge is 0.478 e. The second-order valence-corrected chi connectivity index (χ2v) is 5.44. The summed E-state index contributed by atoms with van der Waals surface area (Å²) in [6, 6.07) is 12.6. The van der Waals surface area contributed by atoms with Gasteiger partial charge in [0.1, 0.15) is 0 Å². The summed E-state index contributed by atoms with van der Waals surface area (Å²) in [7, 11) is 0. The van der Waals surface area contributed by atoms with Crippen molar-refractivity contribution in [3.05, 3.63) is 64.7 Å². The monoisotopic (exact) mass is 327 g/mol. The van der Waals surface area contributed by atoms with Crippen molar-refractivity contribution in [2.24, 2.45) is 5.10 Å². The number of aromatic carboxylic acids is 1. The molecule has 0 aliphatic heterocycles. The van der Waals surface area contributed by atoms with Gasteiger partial charge in [0, 0.05) is 11.3 Å². The molecule has 2 rings (SSSR count). The first-order chi connectivity index (χ1) is 11.0. The Kier molecular flexibility index (Phi) is 5.43. The van der Waals surface area contributed by atoms with Gasteiger partial charge in [-0.3, -0.25) is 5.43 Å². The molecule has 0 aromatic heterocycles. The van der Waals surface area contributed by atoms with Gasteiger partial charge in [-0.25, -0.2) is 4.79 Å². The van der Waals surface area contributed by atoms with E-state index in [1.165, 1.54) is 17.8 Å². The van der Waals surface area contributed by atoms with Crippen LogP contribution in [-0.2, 0) is 0 Å². The van der Waals surface area contributed by atoms with Crippen LogP contribution in [0.15, 0.2) is 47.6 Å². The van der Waals surface area contributed by atoms with E-state index >= 15 is 0 Å². The summed E-state index contributed by atoms with van der Waals surface area (Å²) in [5.74, 6) is -0.997. The molecular weight excluding hydrogens is 310 g/mol. The number of nitrogens with one attached hydrogen (secondary N) is 2. The summed E-state index contributed by atoms with van der Waals surface area (Å²) < 4.78 is 0. The lowest BCUT2D eigenvalue weighted by Gasteiger charge is -2.10. The van der Waals surface area contributed by atoms with Gasteiger partial charge in [0.05, 0.1) is 11.8 Å². The Hall–Kier alpha value is -2.73. The van der Waals surface area contributed by atoms with Gasteiger partial charge in [-0.1, -0.05) is 35.9 Å². The van der Waals surface area contributed by atoms with E-state index in [0.29, 0.717) is 10.7 Å². The Morgan fingerprint density at radius 1 is 1.22 bits per heavy atom. The SMILES string of the molecule is Cc1ccc(NC(=S)N/N=C/c2ccccc2C(=O)O)c(C)c1. The number of carbonyl (C=O) groups is 1. The lowest BCUT2D eigenvalue weighted by atomic mass is 10.1. The fourth-order valence-electron chi connectivity index (χ4n) is 2.07. The Bertz CT molecular complexity index is 772. The minimum absolute atomic E-state index is 0.186. The van der Waals surface area contributed by atoms with Gasteiger partial charge in [0.25, 0.3) is 0 Å². The number of carboxylic acids is 1. The van der Waals surface area contributed by atoms with Crippen LogP contribution in [0.2, 0.25) is 0 Å². The van der Waals surface area contributed by atoms with E-state index in [9.17, 15) is 4.79 Å². The standard InChI is InChI=1S/C17H17N3O2S/c1-11-7-8-15(12(2)9-11)19-17(23)20-18-10-13-5-3-4-6-14(13)16(21)22/h3-10H,1-2H3,(H,21,22)(H2,19,20,23)/b18-10+. The van der Waals surface area contributed by atoms with Crippen molar-refractivity contribution >= 4 is 35.2 Å². The normalized spacial score (nSPS) is 10.5. The molecule has 0 unspecified atom stereocenters. The van der Waals surface area contributed by atoms with E-state index in [1.54, 1.807) is 18.2 Å². The molecule has 0 bridgehead atoms. The fraction of sp³-hybridized carbons (Fsp3) is 0.118. The molecule has 118 valence electrons. The zero-order chi connectivity index (χ0) is 16.8. The third kappa shape index (κ3) is 4.62. The van der Waals surface area contributed by atoms with Gasteiger partial charge < -0.3 is 10.4 Å². The molecule has 0 radical (unpaired) electrons. The van der Waals surface area contributed by atoms with Gasteiger partial charge in [0.2, 0.25) is 0 Å². The molecule has 2 aromatic carbocycles. The van der Waals surface area contributed by atoms with Crippen molar-refractivity contribution in [2.45, 2.75) is 13.8 Å². The Balaban J connectivity index is 2.00. The molecule has 0 aliphatic carbocycles. The summed E-state index contributed by atoms with van der Waals surface area (Å²) in [5, 5.41) is 16.5. The van der Waals surface area contributed by atoms with E-state index < -0.39 is 5.97 Å². The van der Waals surface area contributed by atoms with Gasteiger partial charge in [-0.15, -0.1) is 0 Å². The zero-order valence-electron chi connectivity index (χ0n) is 12.8. The Labute approximate surface area is 140 Å². The van der Waals surface area contributed by atoms with E-state index in [1.807, 2.05) is 26.0 Å². The first-order valence-corrected chi connectivity index (χ1v) is 7.38. The minimum atomic E-state index is -0.997. The number of hydrogen-bond acceptors (Lipinski definition) is 3. The average molecular weight is 327 g/mol. The van der Waals surface area contributed by atoms with Crippen LogP contribution in [0.25, 0.3) is 0 Å². The first kappa shape index (κ1) is 16.6. The van der Waals surface area contributed by atoms with E-state index in [-0.39, 0.29) is 5.56 Å². The maximum atomic E-state index is 11.1. The number of carboxylic acid groups (broad SMARTS) is 1. The molecule has 23 heavy (non-hydrogen) atoms. The van der Waals surface area contributed by atoms with E-state index in [0.717, 1.165) is 11.3 Å². The van der Waals surface area contributed by atoms with Gasteiger partial charge in [0.15, 0.2) is 5.11 Å². The van der Waals surface area contributed by atoms with Crippen LogP contribution in [0, 0.1) is 13.8 Å². The van der Waals surface area contributed by atoms with Gasteiger partial charge in [-0.2, -0.15) is 5.10 Å². The van der Waals surface area contributed by atoms with Crippen LogP contribution in [0.4, 0.5) is 5.69 Å². The molecule has 0 saturated carbocycles. The Morgan fingerprint density at radius 2 is 1.96 bits per heavy atom.